The van der Waals surface area contributed by atoms with Crippen LogP contribution in [0.3, 0.4) is 0 Å². The molecule has 19 heavy (non-hydrogen) atoms. The lowest BCUT2D eigenvalue weighted by Crippen LogP contribution is -2.30. The molecule has 0 atom stereocenters. The first-order valence-electron chi connectivity index (χ1n) is 7.02. The van der Waals surface area contributed by atoms with Gasteiger partial charge in [-0.3, -0.25) is 0 Å². The molecule has 0 saturated heterocycles. The van der Waals surface area contributed by atoms with Crippen LogP contribution in [0.15, 0.2) is 12.7 Å². The topological polar surface area (TPSA) is 44.8 Å². The van der Waals surface area contributed by atoms with Crippen molar-refractivity contribution in [1.82, 2.24) is 0 Å². The van der Waals surface area contributed by atoms with Gasteiger partial charge in [-0.1, -0.05) is 13.5 Å². The Bertz CT molecular complexity index is 254. The summed E-state index contributed by atoms with van der Waals surface area (Å²) in [5.74, 6) is -0.374. The fourth-order valence-corrected chi connectivity index (χ4v) is 3.44. The van der Waals surface area contributed by atoms with Crippen LogP contribution in [-0.2, 0) is 18.7 Å². The van der Waals surface area contributed by atoms with Gasteiger partial charge in [-0.05, 0) is 32.0 Å². The third kappa shape index (κ3) is 12.1. The third-order valence-electron chi connectivity index (χ3n) is 2.61. The smallest absolute Gasteiger partial charge is 0.330 e. The van der Waals surface area contributed by atoms with Crippen molar-refractivity contribution in [2.75, 3.05) is 26.4 Å². The zero-order valence-corrected chi connectivity index (χ0v) is 13.6. The number of esters is 1. The van der Waals surface area contributed by atoms with Crippen LogP contribution in [0.25, 0.3) is 0 Å². The first-order valence-corrected chi connectivity index (χ1v) is 10.1. The number of hydrogen-bond acceptors (Lipinski definition) is 4. The van der Waals surface area contributed by atoms with Crippen molar-refractivity contribution in [2.24, 2.45) is 0 Å². The van der Waals surface area contributed by atoms with Crippen LogP contribution in [-0.4, -0.2) is 40.7 Å². The summed E-state index contributed by atoms with van der Waals surface area (Å²) in [6, 6.07) is 1.12. The average Bonchev–Trinajstić information content (AvgIpc) is 2.39. The van der Waals surface area contributed by atoms with E-state index in [1.807, 2.05) is 0 Å². The lowest BCUT2D eigenvalue weighted by molar-refractivity contribution is -0.138. The molecular weight excluding hydrogens is 260 g/mol. The van der Waals surface area contributed by atoms with E-state index < -0.39 is 8.32 Å². The molecule has 0 unspecified atom stereocenters. The van der Waals surface area contributed by atoms with Crippen molar-refractivity contribution in [3.63, 3.8) is 0 Å². The molecule has 0 radical (unpaired) electrons. The monoisotopic (exact) mass is 288 g/mol. The second kappa shape index (κ2) is 11.2. The molecule has 0 bridgehead atoms. The van der Waals surface area contributed by atoms with Crippen LogP contribution in [0.1, 0.15) is 26.2 Å². The van der Waals surface area contributed by atoms with Gasteiger partial charge in [-0.25, -0.2) is 4.79 Å². The van der Waals surface area contributed by atoms with Crippen LogP contribution in [0, 0.1) is 0 Å². The highest BCUT2D eigenvalue weighted by Gasteiger charge is 2.20. The molecule has 0 aromatic heterocycles. The number of carbonyl (C=O) groups is 1. The van der Waals surface area contributed by atoms with Crippen molar-refractivity contribution in [1.29, 1.82) is 0 Å². The maximum atomic E-state index is 10.8. The largest absolute Gasteiger partial charge is 0.462 e. The molecule has 0 amide bonds. The summed E-state index contributed by atoms with van der Waals surface area (Å²) in [5, 5.41) is 0. The van der Waals surface area contributed by atoms with Gasteiger partial charge in [-0.15, -0.1) is 0 Å². The predicted molar refractivity (Wildman–Crippen MR) is 79.7 cm³/mol. The van der Waals surface area contributed by atoms with E-state index in [1.54, 1.807) is 0 Å². The van der Waals surface area contributed by atoms with E-state index in [2.05, 4.69) is 26.6 Å². The van der Waals surface area contributed by atoms with Crippen LogP contribution in [0.4, 0.5) is 0 Å². The minimum atomic E-state index is -1.48. The summed E-state index contributed by atoms with van der Waals surface area (Å²) in [4.78, 5) is 10.8. The molecule has 0 fully saturated rings. The molecule has 0 heterocycles. The van der Waals surface area contributed by atoms with Gasteiger partial charge < -0.3 is 13.9 Å². The summed E-state index contributed by atoms with van der Waals surface area (Å²) in [5.41, 5.74) is 0. The van der Waals surface area contributed by atoms with Gasteiger partial charge >= 0.3 is 5.97 Å². The van der Waals surface area contributed by atoms with E-state index in [9.17, 15) is 4.79 Å². The fraction of sp³-hybridized carbons (Fsp3) is 0.786. The maximum Gasteiger partial charge on any atom is 0.330 e. The Labute approximate surface area is 118 Å². The SMILES string of the molecule is C=CC(=O)OCCCOCCC[Si](C)(C)OCCC. The highest BCUT2D eigenvalue weighted by Crippen LogP contribution is 2.14. The van der Waals surface area contributed by atoms with E-state index in [0.717, 1.165) is 38.5 Å². The van der Waals surface area contributed by atoms with Gasteiger partial charge in [0.15, 0.2) is 8.32 Å². The summed E-state index contributed by atoms with van der Waals surface area (Å²) in [6.07, 6.45) is 4.02. The van der Waals surface area contributed by atoms with Gasteiger partial charge in [0, 0.05) is 32.3 Å². The van der Waals surface area contributed by atoms with E-state index in [0.29, 0.717) is 13.2 Å². The maximum absolute atomic E-state index is 10.8. The first kappa shape index (κ1) is 18.3. The molecule has 0 aliphatic carbocycles. The van der Waals surface area contributed by atoms with Crippen LogP contribution >= 0.6 is 0 Å². The van der Waals surface area contributed by atoms with Gasteiger partial charge in [-0.2, -0.15) is 0 Å². The van der Waals surface area contributed by atoms with E-state index in [-0.39, 0.29) is 5.97 Å². The third-order valence-corrected chi connectivity index (χ3v) is 5.15. The van der Waals surface area contributed by atoms with Gasteiger partial charge in [0.05, 0.1) is 6.61 Å². The zero-order chi connectivity index (χ0) is 14.6. The molecule has 0 saturated carbocycles. The summed E-state index contributed by atoms with van der Waals surface area (Å²) < 4.78 is 16.2. The van der Waals surface area contributed by atoms with Crippen molar-refractivity contribution in [2.45, 2.75) is 45.3 Å². The Morgan fingerprint density at radius 2 is 1.84 bits per heavy atom. The number of rotatable bonds is 12. The minimum absolute atomic E-state index is 0.374. The Morgan fingerprint density at radius 3 is 2.47 bits per heavy atom. The normalized spacial score (nSPS) is 11.3. The molecule has 112 valence electrons. The first-order chi connectivity index (χ1) is 9.02. The Morgan fingerprint density at radius 1 is 1.16 bits per heavy atom. The van der Waals surface area contributed by atoms with Crippen molar-refractivity contribution in [3.8, 4) is 0 Å². The molecular formula is C14H28O4Si. The highest BCUT2D eigenvalue weighted by atomic mass is 28.4. The molecule has 5 heteroatoms. The second-order valence-corrected chi connectivity index (χ2v) is 9.36. The molecule has 0 N–H and O–H groups in total. The summed E-state index contributed by atoms with van der Waals surface area (Å²) in [7, 11) is -1.48. The lowest BCUT2D eigenvalue weighted by Gasteiger charge is -2.22. The van der Waals surface area contributed by atoms with Crippen molar-refractivity contribution in [3.05, 3.63) is 12.7 Å². The van der Waals surface area contributed by atoms with Crippen molar-refractivity contribution >= 4 is 14.3 Å². The van der Waals surface area contributed by atoms with Gasteiger partial charge in [0.1, 0.15) is 0 Å². The number of hydrogen-bond donors (Lipinski definition) is 0. The molecule has 0 aromatic carbocycles. The quantitative estimate of drug-likeness (QED) is 0.239. The average molecular weight is 288 g/mol. The molecule has 0 aromatic rings. The van der Waals surface area contributed by atoms with Crippen LogP contribution < -0.4 is 0 Å². The Hall–Kier alpha value is -0.653. The van der Waals surface area contributed by atoms with Crippen LogP contribution in [0.5, 0.6) is 0 Å². The highest BCUT2D eigenvalue weighted by molar-refractivity contribution is 6.71. The molecule has 0 spiro atoms. The number of ether oxygens (including phenoxy) is 2. The molecule has 4 nitrogen and oxygen atoms in total. The summed E-state index contributed by atoms with van der Waals surface area (Å²) in [6.45, 7) is 12.6. The Balaban J connectivity index is 3.35. The van der Waals surface area contributed by atoms with E-state index in [1.165, 1.54) is 6.08 Å². The van der Waals surface area contributed by atoms with E-state index >= 15 is 0 Å². The number of carbonyl (C=O) groups excluding carboxylic acids is 1. The Kier molecular flexibility index (Phi) is 10.8. The van der Waals surface area contributed by atoms with Crippen molar-refractivity contribution < 1.29 is 18.7 Å². The predicted octanol–water partition coefficient (Wildman–Crippen LogP) is 3.14. The minimum Gasteiger partial charge on any atom is -0.462 e. The lowest BCUT2D eigenvalue weighted by atomic mass is 10.5. The second-order valence-electron chi connectivity index (χ2n) is 5.05. The molecule has 0 aliphatic rings. The fourth-order valence-electron chi connectivity index (χ4n) is 1.55. The van der Waals surface area contributed by atoms with E-state index in [4.69, 9.17) is 13.9 Å². The van der Waals surface area contributed by atoms with Crippen LogP contribution in [0.2, 0.25) is 19.1 Å². The van der Waals surface area contributed by atoms with Gasteiger partial charge in [0.25, 0.3) is 0 Å². The zero-order valence-electron chi connectivity index (χ0n) is 12.6. The molecule has 0 aliphatic heterocycles. The summed E-state index contributed by atoms with van der Waals surface area (Å²) >= 11 is 0. The molecule has 0 rings (SSSR count). The standard InChI is InChI=1S/C14H28O4Si/c1-5-9-18-19(3,4)13-8-11-16-10-7-12-17-14(15)6-2/h6H,2,5,7-13H2,1,3-4H3. The van der Waals surface area contributed by atoms with Gasteiger partial charge in [0.2, 0.25) is 0 Å².